The van der Waals surface area contributed by atoms with E-state index >= 15 is 0 Å². The molecule has 2 aromatic rings. The van der Waals surface area contributed by atoms with E-state index in [2.05, 4.69) is 0 Å². The van der Waals surface area contributed by atoms with Crippen molar-refractivity contribution in [2.45, 2.75) is 19.6 Å². The molecule has 2 aromatic carbocycles. The average Bonchev–Trinajstić information content (AvgIpc) is 2.66. The monoisotopic (exact) mass is 378 g/mol. The normalized spacial score (nSPS) is 10.4. The molecule has 27 heavy (non-hydrogen) atoms. The van der Waals surface area contributed by atoms with E-state index in [1.54, 1.807) is 0 Å². The van der Waals surface area contributed by atoms with Gasteiger partial charge in [0.05, 0.1) is 47.4 Å². The van der Waals surface area contributed by atoms with Crippen LogP contribution in [0.4, 0.5) is 11.4 Å². The van der Waals surface area contributed by atoms with Gasteiger partial charge >= 0.3 is 0 Å². The highest BCUT2D eigenvalue weighted by Gasteiger charge is 2.14. The third-order valence-corrected chi connectivity index (χ3v) is 3.66. The van der Waals surface area contributed by atoms with Gasteiger partial charge in [-0.05, 0) is 24.3 Å². The van der Waals surface area contributed by atoms with Gasteiger partial charge in [-0.3, -0.25) is 20.2 Å². The Balaban J connectivity index is 1.84. The standard InChI is InChI=1S/C17H18N2O8/c20-10-12-8-14(2-4-16(12)18(22)23)26-6-1-7-27-15-3-5-17(19(24)25)13(9-15)11-21/h2-5,8-9,20-21H,1,6-7,10-11H2. The Morgan fingerprint density at radius 3 is 1.52 bits per heavy atom. The van der Waals surface area contributed by atoms with Crippen molar-refractivity contribution in [3.8, 4) is 11.5 Å². The maximum Gasteiger partial charge on any atom is 0.275 e. The third kappa shape index (κ3) is 5.36. The summed E-state index contributed by atoms with van der Waals surface area (Å²) in [7, 11) is 0. The molecule has 0 heterocycles. The van der Waals surface area contributed by atoms with Gasteiger partial charge in [-0.2, -0.15) is 0 Å². The number of nitro groups is 2. The van der Waals surface area contributed by atoms with E-state index in [-0.39, 0.29) is 35.7 Å². The highest BCUT2D eigenvalue weighted by molar-refractivity contribution is 5.45. The summed E-state index contributed by atoms with van der Waals surface area (Å²) in [5.41, 5.74) is -0.0237. The van der Waals surface area contributed by atoms with Gasteiger partial charge in [0.25, 0.3) is 11.4 Å². The van der Waals surface area contributed by atoms with Crippen LogP contribution in [0.1, 0.15) is 17.5 Å². The second-order valence-electron chi connectivity index (χ2n) is 5.46. The number of hydrogen-bond donors (Lipinski definition) is 2. The highest BCUT2D eigenvalue weighted by atomic mass is 16.6. The smallest absolute Gasteiger partial charge is 0.275 e. The molecule has 0 aromatic heterocycles. The van der Waals surface area contributed by atoms with Crippen molar-refractivity contribution in [3.63, 3.8) is 0 Å². The average molecular weight is 378 g/mol. The zero-order valence-electron chi connectivity index (χ0n) is 14.2. The zero-order valence-corrected chi connectivity index (χ0v) is 14.2. The zero-order chi connectivity index (χ0) is 19.8. The van der Waals surface area contributed by atoms with Gasteiger partial charge in [-0.15, -0.1) is 0 Å². The first-order valence-corrected chi connectivity index (χ1v) is 7.98. The lowest BCUT2D eigenvalue weighted by Crippen LogP contribution is -2.06. The SMILES string of the molecule is O=[N+]([O-])c1ccc(OCCCOc2ccc([N+](=O)[O-])c(CO)c2)cc1CO. The van der Waals surface area contributed by atoms with Gasteiger partial charge in [0.1, 0.15) is 11.5 Å². The molecule has 0 radical (unpaired) electrons. The summed E-state index contributed by atoms with van der Waals surface area (Å²) in [6.45, 7) is -0.404. The van der Waals surface area contributed by atoms with Crippen LogP contribution in [0, 0.1) is 20.2 Å². The van der Waals surface area contributed by atoms with Crippen LogP contribution >= 0.6 is 0 Å². The molecule has 0 amide bonds. The molecule has 10 nitrogen and oxygen atoms in total. The molecule has 0 aliphatic carbocycles. The minimum atomic E-state index is -0.575. The summed E-state index contributed by atoms with van der Waals surface area (Å²) in [5.74, 6) is 0.783. The molecule has 0 saturated carbocycles. The van der Waals surface area contributed by atoms with Gasteiger partial charge < -0.3 is 19.7 Å². The van der Waals surface area contributed by atoms with E-state index in [9.17, 15) is 30.4 Å². The summed E-state index contributed by atoms with van der Waals surface area (Å²) >= 11 is 0. The Labute approximate surface area is 153 Å². The van der Waals surface area contributed by atoms with Crippen molar-refractivity contribution in [1.82, 2.24) is 0 Å². The summed E-state index contributed by atoms with van der Waals surface area (Å²) in [6, 6.07) is 8.24. The van der Waals surface area contributed by atoms with E-state index in [0.29, 0.717) is 17.9 Å². The minimum Gasteiger partial charge on any atom is -0.493 e. The molecule has 2 N–H and O–H groups in total. The first-order valence-electron chi connectivity index (χ1n) is 7.98. The van der Waals surface area contributed by atoms with Gasteiger partial charge in [-0.25, -0.2) is 0 Å². The molecule has 144 valence electrons. The van der Waals surface area contributed by atoms with E-state index < -0.39 is 23.1 Å². The molecule has 0 aliphatic rings. The van der Waals surface area contributed by atoms with Gasteiger partial charge in [-0.1, -0.05) is 0 Å². The summed E-state index contributed by atoms with van der Waals surface area (Å²) < 4.78 is 10.9. The van der Waals surface area contributed by atoms with Crippen LogP contribution in [-0.2, 0) is 13.2 Å². The third-order valence-electron chi connectivity index (χ3n) is 3.66. The Hall–Kier alpha value is -3.24. The van der Waals surface area contributed by atoms with Crippen LogP contribution in [0.2, 0.25) is 0 Å². The van der Waals surface area contributed by atoms with Gasteiger partial charge in [0.2, 0.25) is 0 Å². The molecule has 0 unspecified atom stereocenters. The van der Waals surface area contributed by atoms with E-state index in [1.807, 2.05) is 0 Å². The first-order chi connectivity index (χ1) is 13.0. The van der Waals surface area contributed by atoms with Crippen molar-refractivity contribution >= 4 is 11.4 Å². The number of hydrogen-bond acceptors (Lipinski definition) is 8. The molecule has 2 rings (SSSR count). The molecule has 0 spiro atoms. The molecule has 10 heteroatoms. The maximum atomic E-state index is 10.8. The van der Waals surface area contributed by atoms with Crippen LogP contribution in [0.25, 0.3) is 0 Å². The Kier molecular flexibility index (Phi) is 7.03. The Morgan fingerprint density at radius 1 is 0.778 bits per heavy atom. The molecule has 0 atom stereocenters. The number of rotatable bonds is 10. The van der Waals surface area contributed by atoms with Gasteiger partial charge in [0, 0.05) is 18.6 Å². The number of nitrogens with zero attached hydrogens (tertiary/aromatic N) is 2. The van der Waals surface area contributed by atoms with Crippen LogP contribution in [-0.4, -0.2) is 33.3 Å². The van der Waals surface area contributed by atoms with Crippen LogP contribution < -0.4 is 9.47 Å². The Morgan fingerprint density at radius 2 is 1.19 bits per heavy atom. The lowest BCUT2D eigenvalue weighted by Gasteiger charge is -2.10. The first kappa shape index (κ1) is 20.1. The quantitative estimate of drug-likeness (QED) is 0.364. The Bertz CT molecular complexity index is 757. The fourth-order valence-corrected chi connectivity index (χ4v) is 2.35. The van der Waals surface area contributed by atoms with E-state index in [0.717, 1.165) is 0 Å². The molecule has 0 fully saturated rings. The largest absolute Gasteiger partial charge is 0.493 e. The second-order valence-corrected chi connectivity index (χ2v) is 5.46. The minimum absolute atomic E-state index is 0.163. The lowest BCUT2D eigenvalue weighted by molar-refractivity contribution is -0.386. The summed E-state index contributed by atoms with van der Waals surface area (Å²) in [5, 5.41) is 40.0. The fourth-order valence-electron chi connectivity index (χ4n) is 2.35. The molecule has 0 bridgehead atoms. The van der Waals surface area contributed by atoms with Crippen molar-refractivity contribution in [1.29, 1.82) is 0 Å². The number of benzene rings is 2. The predicted molar refractivity (Wildman–Crippen MR) is 93.6 cm³/mol. The summed E-state index contributed by atoms with van der Waals surface area (Å²) in [6.07, 6.45) is 0.483. The predicted octanol–water partition coefficient (Wildman–Crippen LogP) is 2.34. The van der Waals surface area contributed by atoms with Crippen molar-refractivity contribution in [2.24, 2.45) is 0 Å². The van der Waals surface area contributed by atoms with Crippen molar-refractivity contribution in [3.05, 3.63) is 67.8 Å². The van der Waals surface area contributed by atoms with Crippen LogP contribution in [0.3, 0.4) is 0 Å². The van der Waals surface area contributed by atoms with Crippen LogP contribution in [0.5, 0.6) is 11.5 Å². The topological polar surface area (TPSA) is 145 Å². The van der Waals surface area contributed by atoms with E-state index in [4.69, 9.17) is 9.47 Å². The number of aliphatic hydroxyl groups is 2. The lowest BCUT2D eigenvalue weighted by atomic mass is 10.2. The molecule has 0 aliphatic heterocycles. The van der Waals surface area contributed by atoms with Gasteiger partial charge in [0.15, 0.2) is 0 Å². The summed E-state index contributed by atoms with van der Waals surface area (Å²) in [4.78, 5) is 20.5. The number of aliphatic hydroxyl groups excluding tert-OH is 2. The second kappa shape index (κ2) is 9.46. The molecule has 0 saturated heterocycles. The maximum absolute atomic E-state index is 10.8. The number of ether oxygens (including phenoxy) is 2. The molecular weight excluding hydrogens is 360 g/mol. The number of nitro benzene ring substituents is 2. The van der Waals surface area contributed by atoms with Crippen LogP contribution in [0.15, 0.2) is 36.4 Å². The van der Waals surface area contributed by atoms with Crippen molar-refractivity contribution < 1.29 is 29.5 Å². The van der Waals surface area contributed by atoms with E-state index in [1.165, 1.54) is 36.4 Å². The fraction of sp³-hybridized carbons (Fsp3) is 0.294. The van der Waals surface area contributed by atoms with Crippen molar-refractivity contribution in [2.75, 3.05) is 13.2 Å². The molecular formula is C17H18N2O8. The highest BCUT2D eigenvalue weighted by Crippen LogP contribution is 2.25.